The number of nitrogens with one attached hydrogen (secondary N) is 1. The number of hydrogen-bond acceptors (Lipinski definition) is 10. The molecule has 4 rings (SSSR count). The van der Waals surface area contributed by atoms with Crippen molar-refractivity contribution >= 4 is 44.0 Å². The van der Waals surface area contributed by atoms with E-state index in [-0.39, 0.29) is 12.0 Å². The van der Waals surface area contributed by atoms with Gasteiger partial charge in [0.1, 0.15) is 6.10 Å². The number of rotatable bonds is 6. The zero-order valence-electron chi connectivity index (χ0n) is 14.2. The van der Waals surface area contributed by atoms with E-state index in [1.807, 2.05) is 30.3 Å². The van der Waals surface area contributed by atoms with Gasteiger partial charge in [0.25, 0.3) is 5.19 Å². The first-order valence-electron chi connectivity index (χ1n) is 8.33. The van der Waals surface area contributed by atoms with Gasteiger partial charge >= 0.3 is 0 Å². The fourth-order valence-corrected chi connectivity index (χ4v) is 4.07. The van der Waals surface area contributed by atoms with Gasteiger partial charge in [-0.1, -0.05) is 46.8 Å². The van der Waals surface area contributed by atoms with Gasteiger partial charge in [0.2, 0.25) is 21.3 Å². The normalized spacial score (nSPS) is 16.4. The second-order valence-corrected chi connectivity index (χ2v) is 7.91. The van der Waals surface area contributed by atoms with Crippen LogP contribution in [-0.4, -0.2) is 45.5 Å². The van der Waals surface area contributed by atoms with E-state index in [0.29, 0.717) is 28.4 Å². The number of aromatic nitrogens is 4. The number of nitrogens with zero attached hydrogens (tertiary/aromatic N) is 5. The van der Waals surface area contributed by atoms with Gasteiger partial charge in [-0.2, -0.15) is 0 Å². The summed E-state index contributed by atoms with van der Waals surface area (Å²) < 4.78 is 5.89. The van der Waals surface area contributed by atoms with Gasteiger partial charge in [-0.3, -0.25) is 4.79 Å². The topological polar surface area (TPSA) is 119 Å². The highest BCUT2D eigenvalue weighted by atomic mass is 32.1. The third-order valence-corrected chi connectivity index (χ3v) is 5.52. The van der Waals surface area contributed by atoms with E-state index in [9.17, 15) is 4.79 Å². The lowest BCUT2D eigenvalue weighted by molar-refractivity contribution is -0.115. The smallest absolute Gasteiger partial charge is 0.296 e. The molecule has 3 heterocycles. The summed E-state index contributed by atoms with van der Waals surface area (Å²) in [6.07, 6.45) is 1.12. The minimum Gasteiger partial charge on any atom is -0.464 e. The van der Waals surface area contributed by atoms with Crippen molar-refractivity contribution in [2.45, 2.75) is 18.9 Å². The zero-order chi connectivity index (χ0) is 18.6. The van der Waals surface area contributed by atoms with Gasteiger partial charge in [0.05, 0.1) is 13.0 Å². The van der Waals surface area contributed by atoms with E-state index in [4.69, 9.17) is 10.5 Å². The average Bonchev–Trinajstić information content (AvgIpc) is 3.38. The first kappa shape index (κ1) is 17.6. The van der Waals surface area contributed by atoms with Crippen molar-refractivity contribution in [1.29, 1.82) is 0 Å². The van der Waals surface area contributed by atoms with Crippen molar-refractivity contribution in [3.63, 3.8) is 0 Å². The molecule has 1 aliphatic rings. The molecule has 9 nitrogen and oxygen atoms in total. The SMILES string of the molecule is Nc1nnc(N2CC[C@@H](Oc3nnc(NC(=O)Cc4ccccc4)s3)C2)s1. The third-order valence-electron chi connectivity index (χ3n) is 3.97. The fraction of sp³-hybridized carbons (Fsp3) is 0.312. The van der Waals surface area contributed by atoms with E-state index >= 15 is 0 Å². The monoisotopic (exact) mass is 403 g/mol. The lowest BCUT2D eigenvalue weighted by Crippen LogP contribution is -2.24. The van der Waals surface area contributed by atoms with Gasteiger partial charge in [-0.05, 0) is 16.9 Å². The summed E-state index contributed by atoms with van der Waals surface area (Å²) in [6.45, 7) is 1.50. The predicted octanol–water partition coefficient (Wildman–Crippen LogP) is 1.81. The average molecular weight is 403 g/mol. The summed E-state index contributed by atoms with van der Waals surface area (Å²) in [5.41, 5.74) is 6.58. The fourth-order valence-electron chi connectivity index (χ4n) is 2.75. The van der Waals surface area contributed by atoms with Crippen molar-refractivity contribution in [3.05, 3.63) is 35.9 Å². The van der Waals surface area contributed by atoms with Crippen LogP contribution in [0.1, 0.15) is 12.0 Å². The van der Waals surface area contributed by atoms with Crippen LogP contribution in [0.3, 0.4) is 0 Å². The van der Waals surface area contributed by atoms with Gasteiger partial charge in [-0.25, -0.2) is 0 Å². The number of carbonyl (C=O) groups excluding carboxylic acids is 1. The van der Waals surface area contributed by atoms with Crippen molar-refractivity contribution in [1.82, 2.24) is 20.4 Å². The number of anilines is 3. The molecule has 1 fully saturated rings. The molecule has 1 aromatic carbocycles. The largest absolute Gasteiger partial charge is 0.464 e. The van der Waals surface area contributed by atoms with E-state index in [0.717, 1.165) is 23.7 Å². The maximum atomic E-state index is 12.1. The lowest BCUT2D eigenvalue weighted by Gasteiger charge is -2.13. The van der Waals surface area contributed by atoms with Crippen LogP contribution in [0.2, 0.25) is 0 Å². The number of carbonyl (C=O) groups is 1. The second kappa shape index (κ2) is 7.84. The van der Waals surface area contributed by atoms with Crippen LogP contribution in [0, 0.1) is 0 Å². The van der Waals surface area contributed by atoms with Gasteiger partial charge in [-0.15, -0.1) is 15.3 Å². The molecular formula is C16H17N7O2S2. The zero-order valence-corrected chi connectivity index (χ0v) is 15.9. The van der Waals surface area contributed by atoms with Crippen molar-refractivity contribution in [2.75, 3.05) is 29.0 Å². The van der Waals surface area contributed by atoms with Crippen LogP contribution >= 0.6 is 22.7 Å². The summed E-state index contributed by atoms with van der Waals surface area (Å²) in [7, 11) is 0. The molecule has 3 aromatic rings. The van der Waals surface area contributed by atoms with Gasteiger partial charge in [0.15, 0.2) is 0 Å². The molecular weight excluding hydrogens is 386 g/mol. The van der Waals surface area contributed by atoms with Gasteiger partial charge in [0, 0.05) is 13.0 Å². The number of amides is 1. The van der Waals surface area contributed by atoms with Crippen LogP contribution in [0.15, 0.2) is 30.3 Å². The summed E-state index contributed by atoms with van der Waals surface area (Å²) >= 11 is 2.58. The first-order chi connectivity index (χ1) is 13.2. The number of ether oxygens (including phenoxy) is 1. The summed E-state index contributed by atoms with van der Waals surface area (Å²) in [5, 5.41) is 20.8. The molecule has 1 amide bonds. The highest BCUT2D eigenvalue weighted by Gasteiger charge is 2.27. The number of benzene rings is 1. The molecule has 1 atom stereocenters. The molecule has 1 aliphatic heterocycles. The summed E-state index contributed by atoms with van der Waals surface area (Å²) in [5.74, 6) is -0.134. The first-order valence-corrected chi connectivity index (χ1v) is 9.97. The van der Waals surface area contributed by atoms with Crippen LogP contribution in [-0.2, 0) is 11.2 Å². The minimum absolute atomic E-state index is 0.0176. The van der Waals surface area contributed by atoms with Crippen LogP contribution < -0.4 is 20.7 Å². The van der Waals surface area contributed by atoms with Crippen molar-refractivity contribution < 1.29 is 9.53 Å². The summed E-state index contributed by atoms with van der Waals surface area (Å²) in [4.78, 5) is 14.2. The Morgan fingerprint density at radius 3 is 2.85 bits per heavy atom. The highest BCUT2D eigenvalue weighted by molar-refractivity contribution is 7.18. The van der Waals surface area contributed by atoms with Crippen LogP contribution in [0.4, 0.5) is 15.4 Å². The van der Waals surface area contributed by atoms with Crippen LogP contribution in [0.5, 0.6) is 5.19 Å². The molecule has 0 spiro atoms. The Hall–Kier alpha value is -2.79. The van der Waals surface area contributed by atoms with Crippen molar-refractivity contribution in [2.24, 2.45) is 0 Å². The maximum absolute atomic E-state index is 12.1. The molecule has 11 heteroatoms. The van der Waals surface area contributed by atoms with Crippen molar-refractivity contribution in [3.8, 4) is 5.19 Å². The van der Waals surface area contributed by atoms with E-state index in [1.165, 1.54) is 22.7 Å². The lowest BCUT2D eigenvalue weighted by atomic mass is 10.1. The molecule has 0 saturated carbocycles. The number of nitrogen functional groups attached to an aromatic ring is 1. The number of hydrogen-bond donors (Lipinski definition) is 2. The van der Waals surface area contributed by atoms with Gasteiger partial charge < -0.3 is 20.7 Å². The Kier molecular flexibility index (Phi) is 5.12. The van der Waals surface area contributed by atoms with Crippen LogP contribution in [0.25, 0.3) is 0 Å². The molecule has 0 radical (unpaired) electrons. The minimum atomic E-state index is -0.134. The Morgan fingerprint density at radius 1 is 1.22 bits per heavy atom. The Balaban J connectivity index is 1.29. The summed E-state index contributed by atoms with van der Waals surface area (Å²) in [6, 6.07) is 9.54. The molecule has 0 aliphatic carbocycles. The Morgan fingerprint density at radius 2 is 2.07 bits per heavy atom. The molecule has 2 aromatic heterocycles. The molecule has 3 N–H and O–H groups in total. The molecule has 140 valence electrons. The molecule has 27 heavy (non-hydrogen) atoms. The number of nitrogens with two attached hydrogens (primary N) is 1. The quantitative estimate of drug-likeness (QED) is 0.639. The molecule has 0 unspecified atom stereocenters. The Bertz CT molecular complexity index is 914. The third kappa shape index (κ3) is 4.49. The second-order valence-electron chi connectivity index (χ2n) is 5.98. The Labute approximate surface area is 163 Å². The van der Waals surface area contributed by atoms with E-state index in [2.05, 4.69) is 30.6 Å². The molecule has 0 bridgehead atoms. The highest BCUT2D eigenvalue weighted by Crippen LogP contribution is 2.29. The van der Waals surface area contributed by atoms with E-state index < -0.39 is 0 Å². The maximum Gasteiger partial charge on any atom is 0.296 e. The predicted molar refractivity (Wildman–Crippen MR) is 104 cm³/mol. The standard InChI is InChI=1S/C16H17N7O2S2/c17-13-19-21-15(26-13)23-7-6-11(9-23)25-16-22-20-14(27-16)18-12(24)8-10-4-2-1-3-5-10/h1-5,11H,6-9H2,(H2,17,19)(H,18,20,24)/t11-/m1/s1. The van der Waals surface area contributed by atoms with E-state index in [1.54, 1.807) is 0 Å². The molecule has 1 saturated heterocycles.